The summed E-state index contributed by atoms with van der Waals surface area (Å²) >= 11 is 0. The van der Waals surface area contributed by atoms with Gasteiger partial charge in [-0.3, -0.25) is 4.99 Å². The molecule has 0 unspecified atom stereocenters. The zero-order valence-corrected chi connectivity index (χ0v) is 8.25. The van der Waals surface area contributed by atoms with E-state index < -0.39 is 0 Å². The smallest absolute Gasteiger partial charge is 0.0448 e. The summed E-state index contributed by atoms with van der Waals surface area (Å²) in [4.78, 5) is 4.59. The number of hydrogen-bond acceptors (Lipinski definition) is 1. The zero-order valence-electron chi connectivity index (χ0n) is 8.25. The summed E-state index contributed by atoms with van der Waals surface area (Å²) in [6, 6.07) is 8.61. The Hall–Kier alpha value is -1.11. The Morgan fingerprint density at radius 3 is 2.77 bits per heavy atom. The monoisotopic (exact) mass is 173 g/mol. The molecule has 0 saturated heterocycles. The van der Waals surface area contributed by atoms with Crippen LogP contribution in [0.3, 0.4) is 0 Å². The second kappa shape index (κ2) is 3.33. The van der Waals surface area contributed by atoms with Gasteiger partial charge >= 0.3 is 0 Å². The van der Waals surface area contributed by atoms with Crippen LogP contribution in [0.5, 0.6) is 0 Å². The molecule has 0 atom stereocenters. The number of nitrogens with zero attached hydrogens (tertiary/aromatic N) is 1. The molecule has 1 aliphatic rings. The summed E-state index contributed by atoms with van der Waals surface area (Å²) in [5, 5.41) is 0. The lowest BCUT2D eigenvalue weighted by molar-refractivity contribution is 0.839. The number of rotatable bonds is 1. The van der Waals surface area contributed by atoms with Crippen molar-refractivity contribution in [2.75, 3.05) is 6.54 Å². The summed E-state index contributed by atoms with van der Waals surface area (Å²) in [5.74, 6) is 0.543. The average molecular weight is 173 g/mol. The predicted octanol–water partition coefficient (Wildman–Crippen LogP) is 2.69. The van der Waals surface area contributed by atoms with Crippen molar-refractivity contribution in [2.24, 2.45) is 10.9 Å². The third kappa shape index (κ3) is 1.51. The van der Waals surface area contributed by atoms with Crippen LogP contribution in [0.1, 0.15) is 25.0 Å². The van der Waals surface area contributed by atoms with Crippen LogP contribution in [0.4, 0.5) is 0 Å². The molecule has 1 nitrogen and oxygen atoms in total. The highest BCUT2D eigenvalue weighted by molar-refractivity contribution is 6.03. The third-order valence-electron chi connectivity index (χ3n) is 2.50. The Balaban J connectivity index is 2.47. The van der Waals surface area contributed by atoms with Crippen molar-refractivity contribution < 1.29 is 0 Å². The van der Waals surface area contributed by atoms with Crippen LogP contribution in [-0.4, -0.2) is 12.3 Å². The molecule has 13 heavy (non-hydrogen) atoms. The van der Waals surface area contributed by atoms with Gasteiger partial charge in [-0.25, -0.2) is 0 Å². The van der Waals surface area contributed by atoms with E-state index in [0.717, 1.165) is 13.0 Å². The Morgan fingerprint density at radius 2 is 2.00 bits per heavy atom. The summed E-state index contributed by atoms with van der Waals surface area (Å²) < 4.78 is 0. The van der Waals surface area contributed by atoms with Gasteiger partial charge in [-0.05, 0) is 23.5 Å². The number of benzene rings is 1. The van der Waals surface area contributed by atoms with E-state index in [1.165, 1.54) is 16.8 Å². The quantitative estimate of drug-likeness (QED) is 0.619. The fraction of sp³-hybridized carbons (Fsp3) is 0.417. The Labute approximate surface area is 79.5 Å². The summed E-state index contributed by atoms with van der Waals surface area (Å²) in [5.41, 5.74) is 4.10. The molecular formula is C12H15N. The van der Waals surface area contributed by atoms with Gasteiger partial charge in [0.05, 0.1) is 0 Å². The van der Waals surface area contributed by atoms with Crippen LogP contribution in [0.2, 0.25) is 0 Å². The van der Waals surface area contributed by atoms with Gasteiger partial charge in [0.2, 0.25) is 0 Å². The van der Waals surface area contributed by atoms with Crippen molar-refractivity contribution in [1.29, 1.82) is 0 Å². The van der Waals surface area contributed by atoms with E-state index in [4.69, 9.17) is 0 Å². The van der Waals surface area contributed by atoms with Crippen LogP contribution in [0.25, 0.3) is 0 Å². The molecule has 1 heteroatoms. The van der Waals surface area contributed by atoms with Crippen LogP contribution >= 0.6 is 0 Å². The minimum absolute atomic E-state index is 0.543. The van der Waals surface area contributed by atoms with Gasteiger partial charge in [0.25, 0.3) is 0 Å². The number of fused-ring (bicyclic) bond motifs is 1. The van der Waals surface area contributed by atoms with E-state index in [0.29, 0.717) is 5.92 Å². The first-order valence-electron chi connectivity index (χ1n) is 4.91. The van der Waals surface area contributed by atoms with Gasteiger partial charge in [-0.2, -0.15) is 0 Å². The van der Waals surface area contributed by atoms with Crippen LogP contribution < -0.4 is 0 Å². The molecule has 1 aromatic carbocycles. The highest BCUT2D eigenvalue weighted by atomic mass is 14.8. The van der Waals surface area contributed by atoms with Crippen molar-refractivity contribution in [2.45, 2.75) is 20.3 Å². The second-order valence-corrected chi connectivity index (χ2v) is 3.83. The third-order valence-corrected chi connectivity index (χ3v) is 2.50. The Morgan fingerprint density at radius 1 is 1.23 bits per heavy atom. The van der Waals surface area contributed by atoms with Gasteiger partial charge in [-0.1, -0.05) is 38.1 Å². The molecule has 1 aromatic rings. The van der Waals surface area contributed by atoms with Crippen molar-refractivity contribution in [3.8, 4) is 0 Å². The highest BCUT2D eigenvalue weighted by Gasteiger charge is 2.15. The maximum atomic E-state index is 4.59. The molecule has 1 heterocycles. The summed E-state index contributed by atoms with van der Waals surface area (Å²) in [6.45, 7) is 5.38. The van der Waals surface area contributed by atoms with E-state index in [2.05, 4.69) is 43.1 Å². The van der Waals surface area contributed by atoms with E-state index in [9.17, 15) is 0 Å². The lowest BCUT2D eigenvalue weighted by Crippen LogP contribution is -2.17. The Kier molecular flexibility index (Phi) is 2.17. The largest absolute Gasteiger partial charge is 0.289 e. The Bertz CT molecular complexity index is 337. The van der Waals surface area contributed by atoms with E-state index in [-0.39, 0.29) is 0 Å². The second-order valence-electron chi connectivity index (χ2n) is 3.83. The minimum atomic E-state index is 0.543. The van der Waals surface area contributed by atoms with E-state index in [1.807, 2.05) is 0 Å². The first-order valence-corrected chi connectivity index (χ1v) is 4.91. The first-order chi connectivity index (χ1) is 6.29. The predicted molar refractivity (Wildman–Crippen MR) is 56.4 cm³/mol. The fourth-order valence-electron chi connectivity index (χ4n) is 1.86. The molecule has 0 fully saturated rings. The van der Waals surface area contributed by atoms with Gasteiger partial charge < -0.3 is 0 Å². The zero-order chi connectivity index (χ0) is 9.26. The number of aliphatic imine (C=N–C) groups is 1. The summed E-state index contributed by atoms with van der Waals surface area (Å²) in [6.07, 6.45) is 1.10. The highest BCUT2D eigenvalue weighted by Crippen LogP contribution is 2.19. The molecular weight excluding hydrogens is 158 g/mol. The molecule has 0 amide bonds. The normalized spacial score (nSPS) is 15.5. The average Bonchev–Trinajstić information content (AvgIpc) is 2.17. The van der Waals surface area contributed by atoms with Crippen LogP contribution in [0.15, 0.2) is 29.3 Å². The molecule has 0 aliphatic carbocycles. The lowest BCUT2D eigenvalue weighted by Gasteiger charge is -2.18. The van der Waals surface area contributed by atoms with Crippen molar-refractivity contribution in [1.82, 2.24) is 0 Å². The lowest BCUT2D eigenvalue weighted by atomic mass is 9.92. The first kappa shape index (κ1) is 8.49. The fourth-order valence-corrected chi connectivity index (χ4v) is 1.86. The van der Waals surface area contributed by atoms with Crippen molar-refractivity contribution in [3.63, 3.8) is 0 Å². The van der Waals surface area contributed by atoms with E-state index >= 15 is 0 Å². The summed E-state index contributed by atoms with van der Waals surface area (Å²) in [7, 11) is 0. The standard InChI is InChI=1S/C12H15N/c1-9(2)12-11-6-4-3-5-10(11)7-8-13-12/h3-6,9H,7-8H2,1-2H3. The van der Waals surface area contributed by atoms with Gasteiger partial charge in [0.15, 0.2) is 0 Å². The number of hydrogen-bond donors (Lipinski definition) is 0. The van der Waals surface area contributed by atoms with Crippen molar-refractivity contribution >= 4 is 5.71 Å². The molecule has 0 radical (unpaired) electrons. The molecule has 0 aromatic heterocycles. The maximum absolute atomic E-state index is 4.59. The molecule has 0 spiro atoms. The molecule has 2 rings (SSSR count). The van der Waals surface area contributed by atoms with Gasteiger partial charge in [0, 0.05) is 12.3 Å². The van der Waals surface area contributed by atoms with Crippen LogP contribution in [-0.2, 0) is 6.42 Å². The minimum Gasteiger partial charge on any atom is -0.289 e. The topological polar surface area (TPSA) is 12.4 Å². The van der Waals surface area contributed by atoms with Crippen molar-refractivity contribution in [3.05, 3.63) is 35.4 Å². The molecule has 0 bridgehead atoms. The molecule has 0 N–H and O–H groups in total. The molecule has 0 saturated carbocycles. The SMILES string of the molecule is CC(C)C1=NCCc2ccccc21. The molecule has 1 aliphatic heterocycles. The molecule has 68 valence electrons. The van der Waals surface area contributed by atoms with Gasteiger partial charge in [0.1, 0.15) is 0 Å². The van der Waals surface area contributed by atoms with E-state index in [1.54, 1.807) is 0 Å². The van der Waals surface area contributed by atoms with Crippen LogP contribution in [0, 0.1) is 5.92 Å². The maximum Gasteiger partial charge on any atom is 0.0448 e. The van der Waals surface area contributed by atoms with Gasteiger partial charge in [-0.15, -0.1) is 0 Å².